The van der Waals surface area contributed by atoms with Gasteiger partial charge < -0.3 is 0 Å². The molecule has 0 heteroatoms. The third-order valence-electron chi connectivity index (χ3n) is 5.61. The van der Waals surface area contributed by atoms with Crippen LogP contribution in [0.3, 0.4) is 0 Å². The third kappa shape index (κ3) is 4.06. The van der Waals surface area contributed by atoms with Crippen molar-refractivity contribution in [3.63, 3.8) is 0 Å². The van der Waals surface area contributed by atoms with Gasteiger partial charge in [-0.05, 0) is 79.8 Å². The van der Waals surface area contributed by atoms with Crippen molar-refractivity contribution in [1.82, 2.24) is 0 Å². The molecule has 0 atom stereocenters. The van der Waals surface area contributed by atoms with E-state index in [0.717, 1.165) is 19.3 Å². The van der Waals surface area contributed by atoms with Gasteiger partial charge in [-0.1, -0.05) is 83.4 Å². The smallest absolute Gasteiger partial charge is 0.0160 e. The average Bonchev–Trinajstić information content (AvgIpc) is 3.04. The first kappa shape index (κ1) is 17.8. The van der Waals surface area contributed by atoms with Gasteiger partial charge >= 0.3 is 0 Å². The summed E-state index contributed by atoms with van der Waals surface area (Å²) in [5.74, 6) is 0. The summed E-state index contributed by atoms with van der Waals surface area (Å²) in [6, 6.07) is 22.7. The summed E-state index contributed by atoms with van der Waals surface area (Å²) in [5.41, 5.74) is 12.8. The molecule has 0 saturated carbocycles. The zero-order chi connectivity index (χ0) is 18.8. The van der Waals surface area contributed by atoms with Crippen LogP contribution in [0.5, 0.6) is 0 Å². The van der Waals surface area contributed by atoms with E-state index in [1.54, 1.807) is 0 Å². The Morgan fingerprint density at radius 3 is 2.22 bits per heavy atom. The summed E-state index contributed by atoms with van der Waals surface area (Å²) < 4.78 is 0. The van der Waals surface area contributed by atoms with Crippen molar-refractivity contribution in [2.24, 2.45) is 0 Å². The maximum absolute atomic E-state index is 2.42. The van der Waals surface area contributed by atoms with Crippen LogP contribution in [0.1, 0.15) is 50.9 Å². The van der Waals surface area contributed by atoms with Crippen molar-refractivity contribution in [2.45, 2.75) is 46.5 Å². The minimum absolute atomic E-state index is 1.10. The quantitative estimate of drug-likeness (QED) is 0.480. The van der Waals surface area contributed by atoms with E-state index in [0.29, 0.717) is 0 Å². The highest BCUT2D eigenvalue weighted by Crippen LogP contribution is 2.37. The van der Waals surface area contributed by atoms with E-state index in [-0.39, 0.29) is 0 Å². The molecular weight excluding hydrogens is 324 g/mol. The summed E-state index contributed by atoms with van der Waals surface area (Å²) >= 11 is 0. The minimum atomic E-state index is 1.10. The molecule has 4 rings (SSSR count). The lowest BCUT2D eigenvalue weighted by molar-refractivity contribution is 0.954. The van der Waals surface area contributed by atoms with Crippen LogP contribution >= 0.6 is 0 Å². The summed E-state index contributed by atoms with van der Waals surface area (Å²) in [5, 5.41) is 0. The van der Waals surface area contributed by atoms with E-state index in [9.17, 15) is 0 Å². The molecule has 136 valence electrons. The summed E-state index contributed by atoms with van der Waals surface area (Å²) in [4.78, 5) is 0. The van der Waals surface area contributed by atoms with Gasteiger partial charge in [0.25, 0.3) is 0 Å². The Hall–Kier alpha value is -2.60. The van der Waals surface area contributed by atoms with Crippen LogP contribution in [0, 0.1) is 20.8 Å². The molecular formula is C27H28. The molecule has 1 aliphatic carbocycles. The summed E-state index contributed by atoms with van der Waals surface area (Å²) in [6.45, 7) is 6.52. The van der Waals surface area contributed by atoms with Crippen LogP contribution in [0.2, 0.25) is 0 Å². The van der Waals surface area contributed by atoms with Crippen LogP contribution in [-0.4, -0.2) is 0 Å². The number of fused-ring (bicyclic) bond motifs is 1. The average molecular weight is 353 g/mol. The van der Waals surface area contributed by atoms with Crippen LogP contribution in [0.25, 0.3) is 11.6 Å². The van der Waals surface area contributed by atoms with E-state index in [4.69, 9.17) is 0 Å². The SMILES string of the molecule is Cc1ccc(CCc2cccc3c2/C(=C/c2cc(C)cc(C)c2)CC3)cc1. The Morgan fingerprint density at radius 2 is 1.48 bits per heavy atom. The van der Waals surface area contributed by atoms with Crippen LogP contribution < -0.4 is 0 Å². The van der Waals surface area contributed by atoms with Crippen molar-refractivity contribution < 1.29 is 0 Å². The van der Waals surface area contributed by atoms with Crippen molar-refractivity contribution in [1.29, 1.82) is 0 Å². The molecule has 0 saturated heterocycles. The summed E-state index contributed by atoms with van der Waals surface area (Å²) in [6.07, 6.45) is 6.96. The Kier molecular flexibility index (Phi) is 4.99. The van der Waals surface area contributed by atoms with Crippen molar-refractivity contribution >= 4 is 11.6 Å². The zero-order valence-corrected chi connectivity index (χ0v) is 16.7. The van der Waals surface area contributed by atoms with Crippen molar-refractivity contribution in [2.75, 3.05) is 0 Å². The monoisotopic (exact) mass is 352 g/mol. The lowest BCUT2D eigenvalue weighted by Crippen LogP contribution is -1.97. The number of hydrogen-bond acceptors (Lipinski definition) is 0. The van der Waals surface area contributed by atoms with E-state index in [2.05, 4.69) is 87.5 Å². The Labute approximate surface area is 163 Å². The fourth-order valence-electron chi connectivity index (χ4n) is 4.35. The largest absolute Gasteiger partial charge is 0.0617 e. The number of benzene rings is 3. The molecule has 3 aromatic carbocycles. The molecule has 0 N–H and O–H groups in total. The highest BCUT2D eigenvalue weighted by molar-refractivity contribution is 5.87. The number of aryl methyl sites for hydroxylation is 6. The Bertz CT molecular complexity index is 967. The third-order valence-corrected chi connectivity index (χ3v) is 5.61. The predicted molar refractivity (Wildman–Crippen MR) is 117 cm³/mol. The Morgan fingerprint density at radius 1 is 0.741 bits per heavy atom. The Balaban J connectivity index is 1.63. The molecule has 0 heterocycles. The molecule has 0 aliphatic heterocycles. The second-order valence-corrected chi connectivity index (χ2v) is 8.03. The van der Waals surface area contributed by atoms with Crippen LogP contribution in [0.4, 0.5) is 0 Å². The van der Waals surface area contributed by atoms with Gasteiger partial charge in [-0.3, -0.25) is 0 Å². The van der Waals surface area contributed by atoms with Gasteiger partial charge in [-0.2, -0.15) is 0 Å². The standard InChI is InChI=1S/C27H28/c1-19-7-9-22(10-8-19)11-12-24-5-4-6-25-13-14-26(27(24)25)18-23-16-20(2)15-21(3)17-23/h4-10,15-18H,11-14H2,1-3H3/b26-18+. The lowest BCUT2D eigenvalue weighted by atomic mass is 9.94. The summed E-state index contributed by atoms with van der Waals surface area (Å²) in [7, 11) is 0. The molecule has 0 amide bonds. The first-order chi connectivity index (χ1) is 13.1. The highest BCUT2D eigenvalue weighted by atomic mass is 14.2. The first-order valence-electron chi connectivity index (χ1n) is 10.0. The van der Waals surface area contributed by atoms with Gasteiger partial charge in [0.15, 0.2) is 0 Å². The van der Waals surface area contributed by atoms with Crippen LogP contribution in [0.15, 0.2) is 60.7 Å². The second kappa shape index (κ2) is 7.56. The topological polar surface area (TPSA) is 0 Å². The first-order valence-corrected chi connectivity index (χ1v) is 10.0. The predicted octanol–water partition coefficient (Wildman–Crippen LogP) is 6.88. The molecule has 0 spiro atoms. The van der Waals surface area contributed by atoms with Gasteiger partial charge in [0.05, 0.1) is 0 Å². The van der Waals surface area contributed by atoms with Crippen molar-refractivity contribution in [3.8, 4) is 0 Å². The van der Waals surface area contributed by atoms with E-state index in [1.165, 1.54) is 56.5 Å². The van der Waals surface area contributed by atoms with E-state index >= 15 is 0 Å². The number of rotatable bonds is 4. The number of hydrogen-bond donors (Lipinski definition) is 0. The molecule has 3 aromatic rings. The fourth-order valence-corrected chi connectivity index (χ4v) is 4.35. The van der Waals surface area contributed by atoms with Gasteiger partial charge in [0, 0.05) is 0 Å². The molecule has 0 nitrogen and oxygen atoms in total. The van der Waals surface area contributed by atoms with Crippen molar-refractivity contribution in [3.05, 3.63) is 105 Å². The molecule has 0 unspecified atom stereocenters. The highest BCUT2D eigenvalue weighted by Gasteiger charge is 2.19. The fraction of sp³-hybridized carbons (Fsp3) is 0.259. The van der Waals surface area contributed by atoms with Crippen LogP contribution in [-0.2, 0) is 19.3 Å². The molecule has 1 aliphatic rings. The van der Waals surface area contributed by atoms with Gasteiger partial charge in [0.1, 0.15) is 0 Å². The van der Waals surface area contributed by atoms with Gasteiger partial charge in [-0.15, -0.1) is 0 Å². The lowest BCUT2D eigenvalue weighted by Gasteiger charge is -2.11. The minimum Gasteiger partial charge on any atom is -0.0617 e. The molecule has 0 radical (unpaired) electrons. The molecule has 27 heavy (non-hydrogen) atoms. The number of allylic oxidation sites excluding steroid dienone is 1. The van der Waals surface area contributed by atoms with Gasteiger partial charge in [-0.25, -0.2) is 0 Å². The maximum Gasteiger partial charge on any atom is -0.0160 e. The molecule has 0 fully saturated rings. The molecule has 0 aromatic heterocycles. The van der Waals surface area contributed by atoms with Gasteiger partial charge in [0.2, 0.25) is 0 Å². The maximum atomic E-state index is 2.42. The second-order valence-electron chi connectivity index (χ2n) is 8.03. The molecule has 0 bridgehead atoms. The zero-order valence-electron chi connectivity index (χ0n) is 16.7. The normalized spacial score (nSPS) is 14.6. The van der Waals surface area contributed by atoms with E-state index in [1.807, 2.05) is 0 Å². The van der Waals surface area contributed by atoms with E-state index < -0.39 is 0 Å².